The average molecular weight is 347 g/mol. The Morgan fingerprint density at radius 3 is 2.74 bits per heavy atom. The van der Waals surface area contributed by atoms with Crippen molar-refractivity contribution in [2.75, 3.05) is 12.3 Å². The van der Waals surface area contributed by atoms with E-state index < -0.39 is 41.5 Å². The molecule has 5 N–H and O–H groups in total. The molecule has 0 amide bonds. The van der Waals surface area contributed by atoms with Crippen molar-refractivity contribution in [2.45, 2.75) is 24.5 Å². The Balaban J connectivity index is 1.86. The predicted octanol–water partition coefficient (Wildman–Crippen LogP) is -2.15. The highest BCUT2D eigenvalue weighted by molar-refractivity contribution is 7.80. The largest absolute Gasteiger partial charge is 0.397 e. The second-order valence-electron chi connectivity index (χ2n) is 4.84. The van der Waals surface area contributed by atoms with Gasteiger partial charge >= 0.3 is 10.4 Å². The smallest absolute Gasteiger partial charge is 0.387 e. The van der Waals surface area contributed by atoms with E-state index >= 15 is 0 Å². The van der Waals surface area contributed by atoms with Crippen LogP contribution in [0.25, 0.3) is 11.2 Å². The first-order valence-electron chi connectivity index (χ1n) is 6.34. The van der Waals surface area contributed by atoms with Gasteiger partial charge in [-0.3, -0.25) is 9.12 Å². The fraction of sp³-hybridized carbons (Fsp3) is 0.500. The standard InChI is InChI=1S/C10H13N5O7S/c11-8-5-9(13-2-12-8)15(3-14-5)10-7(17)6(16)4(22-10)1-21-23(18,19)20/h2-4,6-7,10,16-17H,1H2,(H2,11,12,13)(H,18,19,20)/t4-,6?,7?,10-/m1/s1. The molecule has 0 aliphatic carbocycles. The number of hydrogen-bond donors (Lipinski definition) is 4. The second kappa shape index (κ2) is 5.63. The molecule has 3 heterocycles. The summed E-state index contributed by atoms with van der Waals surface area (Å²) in [5.74, 6) is 0.132. The number of nitrogens with two attached hydrogens (primary N) is 1. The number of nitrogens with zero attached hydrogens (tertiary/aromatic N) is 4. The van der Waals surface area contributed by atoms with E-state index in [1.54, 1.807) is 0 Å². The van der Waals surface area contributed by atoms with Gasteiger partial charge in [0.2, 0.25) is 0 Å². The lowest BCUT2D eigenvalue weighted by molar-refractivity contribution is -0.0478. The zero-order valence-corrected chi connectivity index (χ0v) is 12.2. The monoisotopic (exact) mass is 347 g/mol. The minimum absolute atomic E-state index is 0.132. The lowest BCUT2D eigenvalue weighted by Crippen LogP contribution is -2.34. The number of hydrogen-bond acceptors (Lipinski definition) is 10. The first kappa shape index (κ1) is 16.0. The molecule has 0 radical (unpaired) electrons. The van der Waals surface area contributed by atoms with Crippen molar-refractivity contribution in [3.8, 4) is 0 Å². The molecule has 0 spiro atoms. The van der Waals surface area contributed by atoms with Gasteiger partial charge in [0, 0.05) is 0 Å². The van der Waals surface area contributed by atoms with Gasteiger partial charge in [0.1, 0.15) is 30.2 Å². The zero-order chi connectivity index (χ0) is 16.8. The van der Waals surface area contributed by atoms with Crippen LogP contribution < -0.4 is 5.73 Å². The van der Waals surface area contributed by atoms with E-state index in [1.807, 2.05) is 0 Å². The molecular formula is C10H13N5O7S. The maximum absolute atomic E-state index is 10.6. The van der Waals surface area contributed by atoms with Gasteiger partial charge in [0.05, 0.1) is 12.9 Å². The third-order valence-corrected chi connectivity index (χ3v) is 3.81. The van der Waals surface area contributed by atoms with Crippen LogP contribution in [0.2, 0.25) is 0 Å². The fourth-order valence-corrected chi connectivity index (χ4v) is 2.61. The highest BCUT2D eigenvalue weighted by Crippen LogP contribution is 2.32. The van der Waals surface area contributed by atoms with Crippen LogP contribution in [0.3, 0.4) is 0 Å². The van der Waals surface area contributed by atoms with E-state index in [-0.39, 0.29) is 17.0 Å². The Labute approximate surface area is 129 Å². The number of fused-ring (bicyclic) bond motifs is 1. The lowest BCUT2D eigenvalue weighted by Gasteiger charge is -2.16. The first-order valence-corrected chi connectivity index (χ1v) is 7.71. The minimum atomic E-state index is -4.69. The summed E-state index contributed by atoms with van der Waals surface area (Å²) < 4.78 is 40.6. The molecule has 12 nitrogen and oxygen atoms in total. The fourth-order valence-electron chi connectivity index (χ4n) is 2.31. The summed E-state index contributed by atoms with van der Waals surface area (Å²) >= 11 is 0. The topological polar surface area (TPSA) is 183 Å². The highest BCUT2D eigenvalue weighted by Gasteiger charge is 2.45. The van der Waals surface area contributed by atoms with Crippen LogP contribution in [0.15, 0.2) is 12.7 Å². The summed E-state index contributed by atoms with van der Waals surface area (Å²) in [6.45, 7) is -0.669. The molecule has 0 bridgehead atoms. The number of aliphatic hydroxyl groups excluding tert-OH is 2. The van der Waals surface area contributed by atoms with E-state index in [9.17, 15) is 18.6 Å². The molecule has 2 unspecified atom stereocenters. The molecule has 1 saturated heterocycles. The molecule has 126 valence electrons. The Kier molecular flexibility index (Phi) is 3.91. The molecule has 0 aromatic carbocycles. The molecule has 4 atom stereocenters. The summed E-state index contributed by atoms with van der Waals surface area (Å²) in [6.07, 6.45) is -2.64. The molecule has 1 aliphatic rings. The highest BCUT2D eigenvalue weighted by atomic mass is 32.3. The molecule has 2 aromatic rings. The number of anilines is 1. The first-order chi connectivity index (χ1) is 10.8. The van der Waals surface area contributed by atoms with Gasteiger partial charge in [-0.25, -0.2) is 19.1 Å². The summed E-state index contributed by atoms with van der Waals surface area (Å²) in [5.41, 5.74) is 6.21. The van der Waals surface area contributed by atoms with Crippen LogP contribution in [-0.2, 0) is 19.3 Å². The van der Waals surface area contributed by atoms with Gasteiger partial charge in [0.25, 0.3) is 0 Å². The van der Waals surface area contributed by atoms with Gasteiger partial charge < -0.3 is 20.7 Å². The third kappa shape index (κ3) is 2.97. The molecule has 1 fully saturated rings. The summed E-state index contributed by atoms with van der Waals surface area (Å²) in [6, 6.07) is 0. The van der Waals surface area contributed by atoms with Crippen molar-refractivity contribution >= 4 is 27.4 Å². The van der Waals surface area contributed by atoms with Crippen molar-refractivity contribution in [2.24, 2.45) is 0 Å². The molecule has 13 heteroatoms. The molecule has 2 aromatic heterocycles. The third-order valence-electron chi connectivity index (χ3n) is 3.38. The second-order valence-corrected chi connectivity index (χ2v) is 5.93. The maximum atomic E-state index is 10.6. The number of rotatable bonds is 4. The Hall–Kier alpha value is -1.90. The van der Waals surface area contributed by atoms with Crippen LogP contribution in [0, 0.1) is 0 Å². The van der Waals surface area contributed by atoms with Gasteiger partial charge in [-0.1, -0.05) is 0 Å². The maximum Gasteiger partial charge on any atom is 0.397 e. The summed E-state index contributed by atoms with van der Waals surface area (Å²) in [5, 5.41) is 20.0. The van der Waals surface area contributed by atoms with Crippen LogP contribution in [0.5, 0.6) is 0 Å². The van der Waals surface area contributed by atoms with Crippen molar-refractivity contribution in [1.29, 1.82) is 0 Å². The van der Waals surface area contributed by atoms with Crippen LogP contribution in [0.4, 0.5) is 5.82 Å². The van der Waals surface area contributed by atoms with E-state index in [0.717, 1.165) is 0 Å². The molecule has 0 saturated carbocycles. The Morgan fingerprint density at radius 1 is 1.30 bits per heavy atom. The number of ether oxygens (including phenoxy) is 1. The molecule has 3 rings (SSSR count). The van der Waals surface area contributed by atoms with Crippen molar-refractivity contribution in [3.05, 3.63) is 12.7 Å². The van der Waals surface area contributed by atoms with Crippen molar-refractivity contribution in [3.63, 3.8) is 0 Å². The number of nitrogen functional groups attached to an aromatic ring is 1. The van der Waals surface area contributed by atoms with Gasteiger partial charge in [0.15, 0.2) is 17.7 Å². The SMILES string of the molecule is Nc1ncnc2c1ncn2[C@@H]1O[C@H](COS(=O)(=O)O)C(O)C1O. The normalized spacial score (nSPS) is 28.5. The molecular weight excluding hydrogens is 334 g/mol. The van der Waals surface area contributed by atoms with Crippen LogP contribution >= 0.6 is 0 Å². The van der Waals surface area contributed by atoms with Gasteiger partial charge in [-0.2, -0.15) is 8.42 Å². The number of imidazole rings is 1. The Bertz CT molecular complexity index is 824. The summed E-state index contributed by atoms with van der Waals surface area (Å²) in [7, 11) is -4.69. The Morgan fingerprint density at radius 2 is 2.04 bits per heavy atom. The molecule has 1 aliphatic heterocycles. The lowest BCUT2D eigenvalue weighted by atomic mass is 10.1. The zero-order valence-electron chi connectivity index (χ0n) is 11.4. The van der Waals surface area contributed by atoms with Crippen LogP contribution in [-0.4, -0.2) is 67.6 Å². The predicted molar refractivity (Wildman–Crippen MR) is 73.2 cm³/mol. The average Bonchev–Trinajstić information content (AvgIpc) is 3.01. The van der Waals surface area contributed by atoms with E-state index in [2.05, 4.69) is 19.1 Å². The van der Waals surface area contributed by atoms with Gasteiger partial charge in [-0.05, 0) is 0 Å². The number of aliphatic hydroxyl groups is 2. The summed E-state index contributed by atoms with van der Waals surface area (Å²) in [4.78, 5) is 11.8. The quantitative estimate of drug-likeness (QED) is 0.442. The number of aromatic nitrogens is 4. The van der Waals surface area contributed by atoms with Gasteiger partial charge in [-0.15, -0.1) is 0 Å². The van der Waals surface area contributed by atoms with Crippen LogP contribution in [0.1, 0.15) is 6.23 Å². The minimum Gasteiger partial charge on any atom is -0.387 e. The van der Waals surface area contributed by atoms with E-state index in [1.165, 1.54) is 17.2 Å². The van der Waals surface area contributed by atoms with Crippen molar-refractivity contribution in [1.82, 2.24) is 19.5 Å². The van der Waals surface area contributed by atoms with E-state index in [0.29, 0.717) is 0 Å². The van der Waals surface area contributed by atoms with E-state index in [4.69, 9.17) is 15.0 Å². The molecule has 23 heavy (non-hydrogen) atoms. The van der Waals surface area contributed by atoms with Crippen molar-refractivity contribution < 1.29 is 32.1 Å².